The number of hydrazone groups is 1. The van der Waals surface area contributed by atoms with E-state index in [1.165, 1.54) is 0 Å². The molecule has 0 heterocycles. The van der Waals surface area contributed by atoms with E-state index in [0.717, 1.165) is 0 Å². The van der Waals surface area contributed by atoms with Crippen LogP contribution >= 0.6 is 0 Å². The van der Waals surface area contributed by atoms with Crippen LogP contribution in [-0.4, -0.2) is 23.5 Å². The fourth-order valence-corrected chi connectivity index (χ4v) is 0.186. The SMILES string of the molecule is C/C(CO)=N\NC(N)=O. The molecule has 0 unspecified atom stereocenters. The van der Waals surface area contributed by atoms with E-state index in [9.17, 15) is 4.79 Å². The monoisotopic (exact) mass is 131 g/mol. The number of rotatable bonds is 2. The highest BCUT2D eigenvalue weighted by molar-refractivity contribution is 5.84. The molecule has 4 N–H and O–H groups in total. The van der Waals surface area contributed by atoms with Gasteiger partial charge in [-0.3, -0.25) is 0 Å². The molecule has 0 fully saturated rings. The van der Waals surface area contributed by atoms with Gasteiger partial charge in [-0.25, -0.2) is 10.2 Å². The highest BCUT2D eigenvalue weighted by Crippen LogP contribution is 1.69. The van der Waals surface area contributed by atoms with E-state index >= 15 is 0 Å². The van der Waals surface area contributed by atoms with Gasteiger partial charge in [-0.15, -0.1) is 0 Å². The zero-order chi connectivity index (χ0) is 7.28. The number of nitrogens with zero attached hydrogens (tertiary/aromatic N) is 1. The molecule has 0 radical (unpaired) electrons. The molecule has 0 aliphatic carbocycles. The normalized spacial score (nSPS) is 11.1. The molecule has 0 aliphatic heterocycles. The van der Waals surface area contributed by atoms with E-state index in [0.29, 0.717) is 5.71 Å². The van der Waals surface area contributed by atoms with Crippen LogP contribution in [0.3, 0.4) is 0 Å². The fourth-order valence-electron chi connectivity index (χ4n) is 0.186. The van der Waals surface area contributed by atoms with Gasteiger partial charge in [0, 0.05) is 0 Å². The van der Waals surface area contributed by atoms with Crippen LogP contribution in [0.5, 0.6) is 0 Å². The molecule has 0 aromatic heterocycles. The number of nitrogens with one attached hydrogen (secondary N) is 1. The Morgan fingerprint density at radius 2 is 2.44 bits per heavy atom. The van der Waals surface area contributed by atoms with E-state index < -0.39 is 6.03 Å². The quantitative estimate of drug-likeness (QED) is 0.332. The summed E-state index contributed by atoms with van der Waals surface area (Å²) in [4.78, 5) is 9.94. The first-order chi connectivity index (χ1) is 4.16. The van der Waals surface area contributed by atoms with Crippen LogP contribution in [0, 0.1) is 0 Å². The number of aliphatic hydroxyl groups is 1. The molecule has 0 aromatic carbocycles. The van der Waals surface area contributed by atoms with Crippen LogP contribution in [0.1, 0.15) is 6.92 Å². The molecule has 9 heavy (non-hydrogen) atoms. The van der Waals surface area contributed by atoms with Crippen molar-refractivity contribution in [2.24, 2.45) is 10.8 Å². The van der Waals surface area contributed by atoms with E-state index in [2.05, 4.69) is 10.8 Å². The average Bonchev–Trinajstić information content (AvgIpc) is 1.83. The molecule has 0 aromatic rings. The summed E-state index contributed by atoms with van der Waals surface area (Å²) in [5.41, 5.74) is 7.03. The summed E-state index contributed by atoms with van der Waals surface area (Å²) >= 11 is 0. The highest BCUT2D eigenvalue weighted by atomic mass is 16.3. The van der Waals surface area contributed by atoms with E-state index in [1.54, 1.807) is 6.92 Å². The second kappa shape index (κ2) is 3.85. The summed E-state index contributed by atoms with van der Waals surface area (Å²) in [6.07, 6.45) is 0. The molecule has 52 valence electrons. The molecule has 0 bridgehead atoms. The Hall–Kier alpha value is -1.10. The van der Waals surface area contributed by atoms with E-state index in [1.807, 2.05) is 5.43 Å². The maximum atomic E-state index is 9.94. The van der Waals surface area contributed by atoms with Crippen LogP contribution in [-0.2, 0) is 0 Å². The minimum absolute atomic E-state index is 0.180. The average molecular weight is 131 g/mol. The van der Waals surface area contributed by atoms with Gasteiger partial charge in [0.15, 0.2) is 0 Å². The summed E-state index contributed by atoms with van der Waals surface area (Å²) in [5.74, 6) is 0. The summed E-state index contributed by atoms with van der Waals surface area (Å²) in [5, 5.41) is 11.7. The highest BCUT2D eigenvalue weighted by Gasteiger charge is 1.87. The lowest BCUT2D eigenvalue weighted by molar-refractivity contribution is 0.249. The number of hydrogen-bond acceptors (Lipinski definition) is 3. The first-order valence-electron chi connectivity index (χ1n) is 2.36. The van der Waals surface area contributed by atoms with Crippen molar-refractivity contribution in [3.8, 4) is 0 Å². The molecular weight excluding hydrogens is 122 g/mol. The Kier molecular flexibility index (Phi) is 3.38. The number of primary amides is 1. The summed E-state index contributed by atoms with van der Waals surface area (Å²) in [7, 11) is 0. The molecule has 0 saturated heterocycles. The standard InChI is InChI=1S/C4H9N3O2/c1-3(2-8)6-7-4(5)9/h8H,2H2,1H3,(H3,5,7,9)/b6-3+. The molecule has 0 atom stereocenters. The number of hydrogen-bond donors (Lipinski definition) is 3. The zero-order valence-electron chi connectivity index (χ0n) is 5.09. The van der Waals surface area contributed by atoms with Gasteiger partial charge in [0.25, 0.3) is 0 Å². The van der Waals surface area contributed by atoms with Gasteiger partial charge >= 0.3 is 6.03 Å². The van der Waals surface area contributed by atoms with Gasteiger partial charge in [-0.05, 0) is 6.92 Å². The maximum absolute atomic E-state index is 9.94. The number of nitrogens with two attached hydrogens (primary N) is 1. The molecule has 0 rings (SSSR count). The number of aliphatic hydroxyl groups excluding tert-OH is 1. The fraction of sp³-hybridized carbons (Fsp3) is 0.500. The van der Waals surface area contributed by atoms with Crippen molar-refractivity contribution in [3.05, 3.63) is 0 Å². The van der Waals surface area contributed by atoms with Crippen LogP contribution in [0.2, 0.25) is 0 Å². The van der Waals surface area contributed by atoms with Crippen molar-refractivity contribution in [2.45, 2.75) is 6.92 Å². The molecule has 0 saturated carbocycles. The predicted octanol–water partition coefficient (Wildman–Crippen LogP) is -0.977. The third kappa shape index (κ3) is 4.76. The van der Waals surface area contributed by atoms with Gasteiger partial charge < -0.3 is 10.8 Å². The first-order valence-corrected chi connectivity index (χ1v) is 2.36. The predicted molar refractivity (Wildman–Crippen MR) is 32.9 cm³/mol. The smallest absolute Gasteiger partial charge is 0.332 e. The molecule has 5 heteroatoms. The lowest BCUT2D eigenvalue weighted by Crippen LogP contribution is -2.25. The summed E-state index contributed by atoms with van der Waals surface area (Å²) in [6, 6.07) is -0.734. The summed E-state index contributed by atoms with van der Waals surface area (Å²) in [6.45, 7) is 1.39. The van der Waals surface area contributed by atoms with Crippen molar-refractivity contribution in [2.75, 3.05) is 6.61 Å². The Labute approximate surface area is 52.5 Å². The van der Waals surface area contributed by atoms with Gasteiger partial charge in [0.05, 0.1) is 12.3 Å². The second-order valence-corrected chi connectivity index (χ2v) is 1.48. The zero-order valence-corrected chi connectivity index (χ0v) is 5.09. The third-order valence-corrected chi connectivity index (χ3v) is 0.586. The number of amides is 2. The number of carbonyl (C=O) groups is 1. The number of urea groups is 1. The Morgan fingerprint density at radius 1 is 1.89 bits per heavy atom. The molecule has 0 spiro atoms. The van der Waals surface area contributed by atoms with Gasteiger partial charge in [-0.1, -0.05) is 0 Å². The van der Waals surface area contributed by atoms with Crippen LogP contribution in [0.15, 0.2) is 5.10 Å². The van der Waals surface area contributed by atoms with E-state index in [-0.39, 0.29) is 6.61 Å². The Bertz CT molecular complexity index is 132. The maximum Gasteiger partial charge on any atom is 0.332 e. The van der Waals surface area contributed by atoms with Crippen molar-refractivity contribution >= 4 is 11.7 Å². The van der Waals surface area contributed by atoms with E-state index in [4.69, 9.17) is 5.11 Å². The van der Waals surface area contributed by atoms with Gasteiger partial charge in [0.2, 0.25) is 0 Å². The molecule has 5 nitrogen and oxygen atoms in total. The van der Waals surface area contributed by atoms with Crippen molar-refractivity contribution in [1.29, 1.82) is 0 Å². The minimum atomic E-state index is -0.734. The first kappa shape index (κ1) is 7.90. The Balaban J connectivity index is 3.56. The van der Waals surface area contributed by atoms with Crippen molar-refractivity contribution in [1.82, 2.24) is 5.43 Å². The number of carbonyl (C=O) groups excluding carboxylic acids is 1. The van der Waals surface area contributed by atoms with Gasteiger partial charge in [-0.2, -0.15) is 5.10 Å². The minimum Gasteiger partial charge on any atom is -0.390 e. The topological polar surface area (TPSA) is 87.7 Å². The third-order valence-electron chi connectivity index (χ3n) is 0.586. The van der Waals surface area contributed by atoms with Crippen molar-refractivity contribution in [3.63, 3.8) is 0 Å². The Morgan fingerprint density at radius 3 is 2.78 bits per heavy atom. The second-order valence-electron chi connectivity index (χ2n) is 1.48. The van der Waals surface area contributed by atoms with Crippen LogP contribution in [0.4, 0.5) is 4.79 Å². The molecular formula is C4H9N3O2. The molecule has 2 amide bonds. The van der Waals surface area contributed by atoms with Crippen molar-refractivity contribution < 1.29 is 9.90 Å². The lowest BCUT2D eigenvalue weighted by atomic mass is 10.5. The largest absolute Gasteiger partial charge is 0.390 e. The summed E-state index contributed by atoms with van der Waals surface area (Å²) < 4.78 is 0. The van der Waals surface area contributed by atoms with Gasteiger partial charge in [0.1, 0.15) is 0 Å². The molecule has 0 aliphatic rings. The lowest BCUT2D eigenvalue weighted by Gasteiger charge is -1.93. The van der Waals surface area contributed by atoms with Crippen LogP contribution in [0.25, 0.3) is 0 Å². The van der Waals surface area contributed by atoms with Crippen LogP contribution < -0.4 is 11.2 Å².